The average molecular weight is 458 g/mol. The maximum Gasteiger partial charge on any atom is 0.573 e. The van der Waals surface area contributed by atoms with Gasteiger partial charge in [-0.3, -0.25) is 4.79 Å². The van der Waals surface area contributed by atoms with Gasteiger partial charge in [0.05, 0.1) is 11.3 Å². The van der Waals surface area contributed by atoms with Gasteiger partial charge < -0.3 is 15.0 Å². The number of rotatable bonds is 6. The SMILES string of the molecule is Cc1cc(C(=O)NCC2CCC(c3ncccn3)CC2)c(-c2ccccc2OC(F)(F)F)[nH]1. The Bertz CT molecular complexity index is 1090. The molecule has 1 aliphatic rings. The van der Waals surface area contributed by atoms with Crippen LogP contribution in [0.25, 0.3) is 11.3 Å². The number of carbonyl (C=O) groups excluding carboxylic acids is 1. The summed E-state index contributed by atoms with van der Waals surface area (Å²) in [6.45, 7) is 2.26. The van der Waals surface area contributed by atoms with Crippen LogP contribution in [-0.4, -0.2) is 33.8 Å². The molecule has 1 amide bonds. The molecule has 9 heteroatoms. The molecule has 2 heterocycles. The molecular formula is C24H25F3N4O2. The number of nitrogens with one attached hydrogen (secondary N) is 2. The number of alkyl halides is 3. The zero-order valence-electron chi connectivity index (χ0n) is 18.2. The van der Waals surface area contributed by atoms with E-state index in [1.165, 1.54) is 18.2 Å². The lowest BCUT2D eigenvalue weighted by molar-refractivity contribution is -0.274. The summed E-state index contributed by atoms with van der Waals surface area (Å²) in [7, 11) is 0. The molecule has 1 fully saturated rings. The second kappa shape index (κ2) is 9.64. The molecule has 4 rings (SSSR count). The molecule has 0 unspecified atom stereocenters. The van der Waals surface area contributed by atoms with Gasteiger partial charge in [-0.15, -0.1) is 13.2 Å². The second-order valence-corrected chi connectivity index (χ2v) is 8.32. The first-order valence-corrected chi connectivity index (χ1v) is 10.9. The lowest BCUT2D eigenvalue weighted by Crippen LogP contribution is -2.31. The van der Waals surface area contributed by atoms with E-state index in [0.29, 0.717) is 29.8 Å². The molecule has 6 nitrogen and oxygen atoms in total. The number of halogens is 3. The van der Waals surface area contributed by atoms with Gasteiger partial charge >= 0.3 is 6.36 Å². The summed E-state index contributed by atoms with van der Waals surface area (Å²) >= 11 is 0. The van der Waals surface area contributed by atoms with Gasteiger partial charge in [-0.05, 0) is 62.8 Å². The fourth-order valence-electron chi connectivity index (χ4n) is 4.35. The summed E-state index contributed by atoms with van der Waals surface area (Å²) in [5.41, 5.74) is 1.43. The summed E-state index contributed by atoms with van der Waals surface area (Å²) in [5.74, 6) is 0.847. The molecule has 174 valence electrons. The van der Waals surface area contributed by atoms with Gasteiger partial charge in [0.2, 0.25) is 0 Å². The van der Waals surface area contributed by atoms with Gasteiger partial charge in [0.15, 0.2) is 0 Å². The topological polar surface area (TPSA) is 79.9 Å². The van der Waals surface area contributed by atoms with Crippen molar-refractivity contribution in [1.29, 1.82) is 0 Å². The molecule has 2 aromatic heterocycles. The molecule has 0 atom stereocenters. The van der Waals surface area contributed by atoms with E-state index in [2.05, 4.69) is 25.0 Å². The number of carbonyl (C=O) groups is 1. The Morgan fingerprint density at radius 1 is 1.12 bits per heavy atom. The quantitative estimate of drug-likeness (QED) is 0.520. The number of H-pyrrole nitrogens is 1. The third kappa shape index (κ3) is 5.71. The van der Waals surface area contributed by atoms with Crippen molar-refractivity contribution in [1.82, 2.24) is 20.3 Å². The molecule has 3 aromatic rings. The van der Waals surface area contributed by atoms with E-state index < -0.39 is 6.36 Å². The minimum Gasteiger partial charge on any atom is -0.405 e. The fraction of sp³-hybridized carbons (Fsp3) is 0.375. The molecule has 0 saturated heterocycles. The first-order valence-electron chi connectivity index (χ1n) is 10.9. The summed E-state index contributed by atoms with van der Waals surface area (Å²) in [4.78, 5) is 24.7. The van der Waals surface area contributed by atoms with Crippen molar-refractivity contribution < 1.29 is 22.7 Å². The first kappa shape index (κ1) is 22.8. The Balaban J connectivity index is 1.42. The van der Waals surface area contributed by atoms with Crippen LogP contribution in [0, 0.1) is 12.8 Å². The third-order valence-corrected chi connectivity index (χ3v) is 5.93. The Kier molecular flexibility index (Phi) is 6.67. The number of aromatic amines is 1. The third-order valence-electron chi connectivity index (χ3n) is 5.93. The molecule has 33 heavy (non-hydrogen) atoms. The fourth-order valence-corrected chi connectivity index (χ4v) is 4.35. The standard InChI is InChI=1S/C24H25F3N4O2/c1-15-13-19(21(31-15)18-5-2-3-6-20(18)33-24(25,26)27)23(32)30-14-16-7-9-17(10-8-16)22-28-11-4-12-29-22/h2-6,11-13,16-17,31H,7-10,14H2,1H3,(H,30,32). The van der Waals surface area contributed by atoms with Crippen molar-refractivity contribution >= 4 is 5.91 Å². The number of ether oxygens (including phenoxy) is 1. The number of nitrogens with zero attached hydrogens (tertiary/aromatic N) is 2. The number of aryl methyl sites for hydroxylation is 1. The number of benzene rings is 1. The lowest BCUT2D eigenvalue weighted by atomic mass is 9.81. The van der Waals surface area contributed by atoms with Crippen LogP contribution in [0.5, 0.6) is 5.75 Å². The molecule has 0 radical (unpaired) electrons. The summed E-state index contributed by atoms with van der Waals surface area (Å²) in [6.07, 6.45) is 2.49. The molecule has 1 saturated carbocycles. The molecule has 2 N–H and O–H groups in total. The second-order valence-electron chi connectivity index (χ2n) is 8.32. The Morgan fingerprint density at radius 3 is 2.52 bits per heavy atom. The Labute approximate surface area is 189 Å². The van der Waals surface area contributed by atoms with Gasteiger partial charge in [0.25, 0.3) is 5.91 Å². The number of hydrogen-bond donors (Lipinski definition) is 2. The van der Waals surface area contributed by atoms with Crippen LogP contribution in [0.1, 0.15) is 53.5 Å². The van der Waals surface area contributed by atoms with Gasteiger partial charge in [0, 0.05) is 36.1 Å². The average Bonchev–Trinajstić information content (AvgIpc) is 3.19. The van der Waals surface area contributed by atoms with Crippen molar-refractivity contribution in [2.45, 2.75) is 44.9 Å². The normalized spacial score (nSPS) is 18.7. The number of aromatic nitrogens is 3. The zero-order chi connectivity index (χ0) is 23.4. The number of amides is 1. The highest BCUT2D eigenvalue weighted by molar-refractivity contribution is 6.01. The van der Waals surface area contributed by atoms with Crippen molar-refractivity contribution in [2.75, 3.05) is 6.54 Å². The van der Waals surface area contributed by atoms with Crippen LogP contribution >= 0.6 is 0 Å². The van der Waals surface area contributed by atoms with Crippen molar-refractivity contribution in [3.05, 3.63) is 65.9 Å². The summed E-state index contributed by atoms with van der Waals surface area (Å²) < 4.78 is 42.7. The van der Waals surface area contributed by atoms with Crippen molar-refractivity contribution in [2.24, 2.45) is 5.92 Å². The maximum atomic E-state index is 13.0. The first-order chi connectivity index (χ1) is 15.8. The van der Waals surface area contributed by atoms with E-state index in [0.717, 1.165) is 31.5 Å². The van der Waals surface area contributed by atoms with Crippen LogP contribution in [0.4, 0.5) is 13.2 Å². The number of para-hydroxylation sites is 1. The Hall–Kier alpha value is -3.36. The van der Waals surface area contributed by atoms with Crippen LogP contribution in [0.3, 0.4) is 0 Å². The number of hydrogen-bond acceptors (Lipinski definition) is 4. The highest BCUT2D eigenvalue weighted by Gasteiger charge is 2.33. The van der Waals surface area contributed by atoms with Crippen molar-refractivity contribution in [3.63, 3.8) is 0 Å². The zero-order valence-corrected chi connectivity index (χ0v) is 18.2. The predicted molar refractivity (Wildman–Crippen MR) is 117 cm³/mol. The van der Waals surface area contributed by atoms with Gasteiger partial charge in [-0.1, -0.05) is 12.1 Å². The smallest absolute Gasteiger partial charge is 0.405 e. The van der Waals surface area contributed by atoms with Gasteiger partial charge in [0.1, 0.15) is 11.6 Å². The van der Waals surface area contributed by atoms with E-state index in [4.69, 9.17) is 0 Å². The highest BCUT2D eigenvalue weighted by Crippen LogP contribution is 2.36. The lowest BCUT2D eigenvalue weighted by Gasteiger charge is -2.27. The van der Waals surface area contributed by atoms with E-state index in [-0.39, 0.29) is 22.8 Å². The molecular weight excluding hydrogens is 433 g/mol. The van der Waals surface area contributed by atoms with Crippen LogP contribution in [0.2, 0.25) is 0 Å². The molecule has 0 bridgehead atoms. The Morgan fingerprint density at radius 2 is 1.82 bits per heavy atom. The minimum atomic E-state index is -4.83. The van der Waals surface area contributed by atoms with Crippen LogP contribution in [-0.2, 0) is 0 Å². The molecule has 1 aromatic carbocycles. The summed E-state index contributed by atoms with van der Waals surface area (Å²) in [6, 6.07) is 9.22. The van der Waals surface area contributed by atoms with E-state index in [1.807, 2.05) is 0 Å². The molecule has 0 aliphatic heterocycles. The minimum absolute atomic E-state index is 0.177. The van der Waals surface area contributed by atoms with Crippen LogP contribution < -0.4 is 10.1 Å². The predicted octanol–water partition coefficient (Wildman–Crippen LogP) is 5.38. The van der Waals surface area contributed by atoms with Gasteiger partial charge in [-0.2, -0.15) is 0 Å². The highest BCUT2D eigenvalue weighted by atomic mass is 19.4. The van der Waals surface area contributed by atoms with Gasteiger partial charge in [-0.25, -0.2) is 9.97 Å². The van der Waals surface area contributed by atoms with E-state index in [1.54, 1.807) is 37.5 Å². The van der Waals surface area contributed by atoms with E-state index >= 15 is 0 Å². The monoisotopic (exact) mass is 458 g/mol. The van der Waals surface area contributed by atoms with E-state index in [9.17, 15) is 18.0 Å². The maximum absolute atomic E-state index is 13.0. The summed E-state index contributed by atoms with van der Waals surface area (Å²) in [5, 5.41) is 2.96. The molecule has 1 aliphatic carbocycles. The molecule has 0 spiro atoms. The van der Waals surface area contributed by atoms with Crippen LogP contribution in [0.15, 0.2) is 48.8 Å². The largest absolute Gasteiger partial charge is 0.573 e. The van der Waals surface area contributed by atoms with Crippen molar-refractivity contribution in [3.8, 4) is 17.0 Å².